The fourth-order valence-electron chi connectivity index (χ4n) is 1.95. The minimum absolute atomic E-state index is 0.321. The Hall–Kier alpha value is -2.45. The van der Waals surface area contributed by atoms with Gasteiger partial charge in [0.05, 0.1) is 6.26 Å². The van der Waals surface area contributed by atoms with Crippen molar-refractivity contribution in [2.75, 3.05) is 11.0 Å². The van der Waals surface area contributed by atoms with Crippen molar-refractivity contribution in [3.63, 3.8) is 0 Å². The fraction of sp³-hybridized carbons (Fsp3) is 0.176. The van der Waals surface area contributed by atoms with E-state index in [9.17, 15) is 18.0 Å². The monoisotopic (exact) mass is 379 g/mol. The number of rotatable bonds is 7. The molecular weight excluding hydrogens is 362 g/mol. The van der Waals surface area contributed by atoms with Crippen LogP contribution in [0.25, 0.3) is 6.08 Å². The Bertz CT molecular complexity index is 868. The average Bonchev–Trinajstić information content (AvgIpc) is 3.05. The van der Waals surface area contributed by atoms with Crippen LogP contribution in [0.15, 0.2) is 47.2 Å². The molecule has 1 aromatic heterocycles. The van der Waals surface area contributed by atoms with Crippen LogP contribution in [-0.4, -0.2) is 32.5 Å². The van der Waals surface area contributed by atoms with Crippen LogP contribution in [0.5, 0.6) is 0 Å². The van der Waals surface area contributed by atoms with Gasteiger partial charge in [-0.05, 0) is 59.7 Å². The van der Waals surface area contributed by atoms with Gasteiger partial charge in [0.25, 0.3) is 0 Å². The molecule has 2 aromatic rings. The van der Waals surface area contributed by atoms with Crippen LogP contribution in [-0.2, 0) is 19.6 Å². The SMILES string of the molecule is C[C@H](OC(=O)/C=C/c1ccsc1)C(=O)c1ccc(NS(C)(=O)=O)cc1. The van der Waals surface area contributed by atoms with Gasteiger partial charge in [-0.25, -0.2) is 13.2 Å². The molecule has 0 spiro atoms. The molecule has 0 aliphatic rings. The summed E-state index contributed by atoms with van der Waals surface area (Å²) in [7, 11) is -3.38. The molecule has 1 N–H and O–H groups in total. The molecule has 0 aliphatic carbocycles. The van der Waals surface area contributed by atoms with Crippen molar-refractivity contribution in [1.82, 2.24) is 0 Å². The molecule has 1 atom stereocenters. The van der Waals surface area contributed by atoms with Gasteiger partial charge in [0, 0.05) is 17.3 Å². The molecular formula is C17H17NO5S2. The second-order valence-electron chi connectivity index (χ2n) is 5.28. The second kappa shape index (κ2) is 8.09. The van der Waals surface area contributed by atoms with E-state index in [4.69, 9.17) is 4.74 Å². The van der Waals surface area contributed by atoms with Crippen molar-refractivity contribution in [2.24, 2.45) is 0 Å². The molecule has 2 rings (SSSR count). The van der Waals surface area contributed by atoms with E-state index in [-0.39, 0.29) is 5.78 Å². The zero-order valence-corrected chi connectivity index (χ0v) is 15.3. The molecule has 25 heavy (non-hydrogen) atoms. The van der Waals surface area contributed by atoms with E-state index in [1.54, 1.807) is 6.08 Å². The number of anilines is 1. The van der Waals surface area contributed by atoms with E-state index in [1.165, 1.54) is 48.6 Å². The predicted molar refractivity (Wildman–Crippen MR) is 98.1 cm³/mol. The van der Waals surface area contributed by atoms with Crippen LogP contribution < -0.4 is 4.72 Å². The van der Waals surface area contributed by atoms with Gasteiger partial charge in [-0.1, -0.05) is 0 Å². The van der Waals surface area contributed by atoms with Crippen LogP contribution >= 0.6 is 11.3 Å². The average molecular weight is 379 g/mol. The standard InChI is InChI=1S/C17H17NO5S2/c1-12(23-16(19)8-3-13-9-10-24-11-13)17(20)14-4-6-15(7-5-14)18-25(2,21)22/h3-12,18H,1-2H3/b8-3+/t12-/m0/s1. The normalized spacial score (nSPS) is 12.7. The van der Waals surface area contributed by atoms with Crippen molar-refractivity contribution in [1.29, 1.82) is 0 Å². The van der Waals surface area contributed by atoms with Gasteiger partial charge in [0.15, 0.2) is 6.10 Å². The number of ketones is 1. The summed E-state index contributed by atoms with van der Waals surface area (Å²) >= 11 is 1.51. The minimum Gasteiger partial charge on any atom is -0.451 e. The maximum Gasteiger partial charge on any atom is 0.331 e. The van der Waals surface area contributed by atoms with Gasteiger partial charge in [-0.3, -0.25) is 9.52 Å². The molecule has 6 nitrogen and oxygen atoms in total. The molecule has 0 aliphatic heterocycles. The number of thiophene rings is 1. The number of carbonyl (C=O) groups is 2. The summed E-state index contributed by atoms with van der Waals surface area (Å²) in [5, 5.41) is 3.77. The lowest BCUT2D eigenvalue weighted by molar-refractivity contribution is -0.140. The lowest BCUT2D eigenvalue weighted by Crippen LogP contribution is -2.23. The zero-order valence-electron chi connectivity index (χ0n) is 13.6. The maximum absolute atomic E-state index is 12.3. The number of carbonyl (C=O) groups excluding carboxylic acids is 2. The summed E-state index contributed by atoms with van der Waals surface area (Å²) in [4.78, 5) is 24.0. The van der Waals surface area contributed by atoms with Crippen LogP contribution in [0, 0.1) is 0 Å². The van der Waals surface area contributed by atoms with Gasteiger partial charge in [-0.15, -0.1) is 0 Å². The zero-order chi connectivity index (χ0) is 18.4. The lowest BCUT2D eigenvalue weighted by Gasteiger charge is -2.11. The number of hydrogen-bond acceptors (Lipinski definition) is 6. The smallest absolute Gasteiger partial charge is 0.331 e. The molecule has 8 heteroatoms. The number of sulfonamides is 1. The number of esters is 1. The molecule has 0 amide bonds. The summed E-state index contributed by atoms with van der Waals surface area (Å²) in [6.45, 7) is 1.49. The Morgan fingerprint density at radius 3 is 2.44 bits per heavy atom. The quantitative estimate of drug-likeness (QED) is 0.454. The third-order valence-electron chi connectivity index (χ3n) is 3.09. The Balaban J connectivity index is 1.96. The summed E-state index contributed by atoms with van der Waals surface area (Å²) in [6.07, 6.45) is 2.97. The van der Waals surface area contributed by atoms with E-state index in [0.29, 0.717) is 11.3 Å². The van der Waals surface area contributed by atoms with Crippen LogP contribution in [0.1, 0.15) is 22.8 Å². The topological polar surface area (TPSA) is 89.5 Å². The molecule has 0 radical (unpaired) electrons. The lowest BCUT2D eigenvalue weighted by atomic mass is 10.1. The van der Waals surface area contributed by atoms with Crippen molar-refractivity contribution >= 4 is 44.9 Å². The Labute approximate surface area is 150 Å². The Morgan fingerprint density at radius 1 is 1.20 bits per heavy atom. The highest BCUT2D eigenvalue weighted by Crippen LogP contribution is 2.14. The highest BCUT2D eigenvalue weighted by molar-refractivity contribution is 7.92. The van der Waals surface area contributed by atoms with E-state index >= 15 is 0 Å². The summed E-state index contributed by atoms with van der Waals surface area (Å²) in [6, 6.07) is 7.75. The molecule has 1 heterocycles. The molecule has 0 fully saturated rings. The van der Waals surface area contributed by atoms with E-state index < -0.39 is 22.1 Å². The van der Waals surface area contributed by atoms with E-state index in [2.05, 4.69) is 4.72 Å². The highest BCUT2D eigenvalue weighted by Gasteiger charge is 2.18. The number of Topliss-reactive ketones (excluding diaryl/α,β-unsaturated/α-hetero) is 1. The first-order valence-corrected chi connectivity index (χ1v) is 10.1. The predicted octanol–water partition coefficient (Wildman–Crippen LogP) is 2.95. The number of hydrogen-bond donors (Lipinski definition) is 1. The van der Waals surface area contributed by atoms with Crippen molar-refractivity contribution in [2.45, 2.75) is 13.0 Å². The Morgan fingerprint density at radius 2 is 1.88 bits per heavy atom. The van der Waals surface area contributed by atoms with Crippen molar-refractivity contribution in [3.8, 4) is 0 Å². The van der Waals surface area contributed by atoms with Gasteiger partial charge in [0.1, 0.15) is 0 Å². The van der Waals surface area contributed by atoms with Crippen molar-refractivity contribution in [3.05, 3.63) is 58.3 Å². The van der Waals surface area contributed by atoms with E-state index in [0.717, 1.165) is 11.8 Å². The van der Waals surface area contributed by atoms with Gasteiger partial charge in [0.2, 0.25) is 15.8 Å². The van der Waals surface area contributed by atoms with Gasteiger partial charge >= 0.3 is 5.97 Å². The van der Waals surface area contributed by atoms with Crippen LogP contribution in [0.2, 0.25) is 0 Å². The molecule has 0 saturated carbocycles. The molecule has 0 unspecified atom stereocenters. The van der Waals surface area contributed by atoms with E-state index in [1.807, 2.05) is 16.8 Å². The van der Waals surface area contributed by atoms with Crippen LogP contribution in [0.3, 0.4) is 0 Å². The number of benzene rings is 1. The maximum atomic E-state index is 12.3. The summed E-state index contributed by atoms with van der Waals surface area (Å²) in [5.41, 5.74) is 1.55. The highest BCUT2D eigenvalue weighted by atomic mass is 32.2. The van der Waals surface area contributed by atoms with Gasteiger partial charge in [-0.2, -0.15) is 11.3 Å². The van der Waals surface area contributed by atoms with Crippen molar-refractivity contribution < 1.29 is 22.7 Å². The first kappa shape index (κ1) is 18.9. The van der Waals surface area contributed by atoms with Gasteiger partial charge < -0.3 is 4.74 Å². The second-order valence-corrected chi connectivity index (χ2v) is 7.81. The number of nitrogens with one attached hydrogen (secondary N) is 1. The third-order valence-corrected chi connectivity index (χ3v) is 4.40. The summed E-state index contributed by atoms with van der Waals surface area (Å²) < 4.78 is 29.7. The Kier molecular flexibility index (Phi) is 6.11. The molecule has 1 aromatic carbocycles. The molecule has 132 valence electrons. The minimum atomic E-state index is -3.38. The fourth-order valence-corrected chi connectivity index (χ4v) is 3.15. The first-order chi connectivity index (χ1) is 11.7. The summed E-state index contributed by atoms with van der Waals surface area (Å²) in [5.74, 6) is -0.981. The largest absolute Gasteiger partial charge is 0.451 e. The third kappa shape index (κ3) is 6.17. The van der Waals surface area contributed by atoms with Crippen LogP contribution in [0.4, 0.5) is 5.69 Å². The molecule has 0 bridgehead atoms. The first-order valence-electron chi connectivity index (χ1n) is 7.27. The molecule has 0 saturated heterocycles. The number of ether oxygens (including phenoxy) is 1.